The van der Waals surface area contributed by atoms with Gasteiger partial charge in [-0.1, -0.05) is 35.9 Å². The molecular formula is C23H19N3NaO9S3. The molecule has 0 fully saturated rings. The zero-order valence-electron chi connectivity index (χ0n) is 20.3. The number of nitrogens with zero attached hydrogens (tertiary/aromatic N) is 2. The van der Waals surface area contributed by atoms with Crippen molar-refractivity contribution in [3.63, 3.8) is 0 Å². The van der Waals surface area contributed by atoms with Gasteiger partial charge in [-0.3, -0.25) is 13.8 Å². The Hall–Kier alpha value is -2.89. The molecule has 0 aromatic heterocycles. The number of sulfonamides is 1. The van der Waals surface area contributed by atoms with E-state index in [0.29, 0.717) is 0 Å². The molecule has 0 atom stereocenters. The molecule has 0 aliphatic rings. The summed E-state index contributed by atoms with van der Waals surface area (Å²) in [7, 11) is -14.4. The van der Waals surface area contributed by atoms with Gasteiger partial charge in [-0.15, -0.1) is 5.11 Å². The Labute approximate surface area is 246 Å². The van der Waals surface area contributed by atoms with Crippen LogP contribution in [-0.2, 0) is 30.3 Å². The van der Waals surface area contributed by atoms with Gasteiger partial charge in [0, 0.05) is 29.6 Å². The van der Waals surface area contributed by atoms with E-state index in [-0.39, 0.29) is 50.9 Å². The number of aryl methyl sites for hydroxylation is 1. The van der Waals surface area contributed by atoms with E-state index in [4.69, 9.17) is 0 Å². The minimum atomic E-state index is -5.06. The number of hydrogen-bond acceptors (Lipinski definition) is 9. The van der Waals surface area contributed by atoms with Gasteiger partial charge in [0.25, 0.3) is 30.3 Å². The molecule has 0 unspecified atom stereocenters. The number of benzene rings is 4. The van der Waals surface area contributed by atoms with E-state index in [1.165, 1.54) is 36.4 Å². The molecule has 199 valence electrons. The predicted molar refractivity (Wildman–Crippen MR) is 144 cm³/mol. The van der Waals surface area contributed by atoms with Crippen molar-refractivity contribution < 1.29 is 39.5 Å². The van der Waals surface area contributed by atoms with Crippen LogP contribution in [0, 0.1) is 6.92 Å². The van der Waals surface area contributed by atoms with Crippen molar-refractivity contribution in [2.45, 2.75) is 21.6 Å². The fraction of sp³-hybridized carbons (Fsp3) is 0.0435. The van der Waals surface area contributed by atoms with Crippen molar-refractivity contribution in [3.8, 4) is 5.75 Å². The van der Waals surface area contributed by atoms with Gasteiger partial charge >= 0.3 is 0 Å². The van der Waals surface area contributed by atoms with Crippen molar-refractivity contribution in [2.24, 2.45) is 10.2 Å². The normalized spacial score (nSPS) is 12.4. The molecule has 4 aromatic carbocycles. The number of aromatic hydroxyl groups is 1. The van der Waals surface area contributed by atoms with Gasteiger partial charge in [0.2, 0.25) is 0 Å². The molecule has 0 saturated carbocycles. The van der Waals surface area contributed by atoms with Crippen LogP contribution in [-0.4, -0.2) is 69.0 Å². The van der Waals surface area contributed by atoms with Crippen LogP contribution in [0.3, 0.4) is 0 Å². The van der Waals surface area contributed by atoms with Crippen LogP contribution in [0.15, 0.2) is 97.7 Å². The molecule has 0 aliphatic carbocycles. The molecule has 12 nitrogen and oxygen atoms in total. The van der Waals surface area contributed by atoms with Crippen molar-refractivity contribution in [1.82, 2.24) is 0 Å². The first-order valence-corrected chi connectivity index (χ1v) is 14.9. The van der Waals surface area contributed by atoms with Crippen LogP contribution in [0.2, 0.25) is 0 Å². The largest absolute Gasteiger partial charge is 0.505 e. The maximum Gasteiger partial charge on any atom is 0.296 e. The summed E-state index contributed by atoms with van der Waals surface area (Å²) in [6.45, 7) is 1.74. The Morgan fingerprint density at radius 3 is 1.92 bits per heavy atom. The summed E-state index contributed by atoms with van der Waals surface area (Å²) in [5, 5.41) is 18.0. The summed E-state index contributed by atoms with van der Waals surface area (Å²) in [6.07, 6.45) is 0. The molecule has 4 rings (SSSR count). The quantitative estimate of drug-likeness (QED) is 0.136. The summed E-state index contributed by atoms with van der Waals surface area (Å²) in [4.78, 5) is -1.96. The Kier molecular flexibility index (Phi) is 8.88. The molecule has 0 bridgehead atoms. The van der Waals surface area contributed by atoms with Crippen LogP contribution < -0.4 is 4.72 Å². The molecule has 4 N–H and O–H groups in total. The Bertz CT molecular complexity index is 1910. The monoisotopic (exact) mass is 600 g/mol. The van der Waals surface area contributed by atoms with Crippen LogP contribution >= 0.6 is 0 Å². The van der Waals surface area contributed by atoms with E-state index in [9.17, 15) is 39.5 Å². The van der Waals surface area contributed by atoms with E-state index in [1.54, 1.807) is 25.1 Å². The van der Waals surface area contributed by atoms with Crippen molar-refractivity contribution in [3.05, 3.63) is 78.4 Å². The molecule has 0 heterocycles. The molecular weight excluding hydrogens is 581 g/mol. The van der Waals surface area contributed by atoms with Gasteiger partial charge in [-0.25, -0.2) is 8.42 Å². The van der Waals surface area contributed by atoms with Gasteiger partial charge < -0.3 is 5.11 Å². The van der Waals surface area contributed by atoms with Crippen molar-refractivity contribution in [1.29, 1.82) is 0 Å². The zero-order chi connectivity index (χ0) is 27.9. The summed E-state index contributed by atoms with van der Waals surface area (Å²) in [6, 6.07) is 15.9. The predicted octanol–water partition coefficient (Wildman–Crippen LogP) is 4.18. The van der Waals surface area contributed by atoms with E-state index >= 15 is 0 Å². The zero-order valence-corrected chi connectivity index (χ0v) is 24.8. The summed E-state index contributed by atoms with van der Waals surface area (Å²) < 4.78 is 95.8. The third-order valence-corrected chi connectivity index (χ3v) is 8.38. The molecule has 1 radical (unpaired) electrons. The van der Waals surface area contributed by atoms with Crippen LogP contribution in [0.5, 0.6) is 5.75 Å². The average Bonchev–Trinajstić information content (AvgIpc) is 2.82. The van der Waals surface area contributed by atoms with Crippen molar-refractivity contribution in [2.75, 3.05) is 4.72 Å². The molecule has 4 aromatic rings. The van der Waals surface area contributed by atoms with Crippen LogP contribution in [0.1, 0.15) is 5.56 Å². The number of fused-ring (bicyclic) bond motifs is 1. The third kappa shape index (κ3) is 6.82. The number of hydrogen-bond donors (Lipinski definition) is 4. The van der Waals surface area contributed by atoms with Gasteiger partial charge in [-0.2, -0.15) is 21.9 Å². The summed E-state index contributed by atoms with van der Waals surface area (Å²) in [5.74, 6) is -0.932. The SMILES string of the molecule is Cc1ccc(S(=O)(=O)Nc2cc(S(=O)(=O)O)cc3cc(S(=O)(=O)O)c(N=Nc4ccccc4)c(O)c23)cc1.[Na]. The van der Waals surface area contributed by atoms with Gasteiger partial charge in [-0.05, 0) is 54.8 Å². The average molecular weight is 601 g/mol. The minimum Gasteiger partial charge on any atom is -0.505 e. The first-order valence-electron chi connectivity index (χ1n) is 10.5. The first-order chi connectivity index (χ1) is 17.7. The number of rotatable bonds is 7. The number of phenols is 1. The van der Waals surface area contributed by atoms with E-state index < -0.39 is 57.2 Å². The fourth-order valence-electron chi connectivity index (χ4n) is 3.51. The molecule has 39 heavy (non-hydrogen) atoms. The maximum atomic E-state index is 13.1. The summed E-state index contributed by atoms with van der Waals surface area (Å²) in [5.41, 5.74) is -0.229. The minimum absolute atomic E-state index is 0. The second-order valence-electron chi connectivity index (χ2n) is 8.05. The first kappa shape index (κ1) is 30.6. The molecule has 0 spiro atoms. The van der Waals surface area contributed by atoms with Gasteiger partial charge in [0.05, 0.1) is 26.6 Å². The van der Waals surface area contributed by atoms with Gasteiger partial charge in [0.1, 0.15) is 10.6 Å². The smallest absolute Gasteiger partial charge is 0.296 e. The van der Waals surface area contributed by atoms with E-state index in [0.717, 1.165) is 23.8 Å². The second-order valence-corrected chi connectivity index (χ2v) is 12.5. The van der Waals surface area contributed by atoms with E-state index in [2.05, 4.69) is 15.0 Å². The second kappa shape index (κ2) is 11.3. The van der Waals surface area contributed by atoms with Gasteiger partial charge in [0.15, 0.2) is 5.75 Å². The Morgan fingerprint density at radius 2 is 1.36 bits per heavy atom. The van der Waals surface area contributed by atoms with E-state index in [1.807, 2.05) is 0 Å². The Morgan fingerprint density at radius 1 is 0.744 bits per heavy atom. The number of anilines is 1. The number of phenolic OH excluding ortho intramolecular Hbond substituents is 1. The van der Waals surface area contributed by atoms with Crippen LogP contribution in [0.4, 0.5) is 17.1 Å². The number of azo groups is 1. The third-order valence-electron chi connectivity index (χ3n) is 5.30. The standard InChI is InChI=1S/C23H19N3O9S3.Na/c1-14-7-9-17(10-8-14)36(28,29)26-19-13-18(37(30,31)32)11-15-12-20(38(33,34)35)22(23(27)21(15)19)25-24-16-5-3-2-4-6-16;/h2-13,26-27H,1H3,(H,30,31,32)(H,33,34,35);. The topological polar surface area (TPSA) is 200 Å². The summed E-state index contributed by atoms with van der Waals surface area (Å²) >= 11 is 0. The molecule has 0 amide bonds. The molecule has 16 heteroatoms. The molecule has 0 aliphatic heterocycles. The fourth-order valence-corrected chi connectivity index (χ4v) is 5.77. The maximum absolute atomic E-state index is 13.1. The Balaban J connectivity index is 0.00000420. The van der Waals surface area contributed by atoms with Crippen molar-refractivity contribution >= 4 is 87.7 Å². The molecule has 0 saturated heterocycles. The number of nitrogens with one attached hydrogen (secondary N) is 1. The van der Waals surface area contributed by atoms with Crippen LogP contribution in [0.25, 0.3) is 10.8 Å².